The van der Waals surface area contributed by atoms with E-state index in [1.807, 2.05) is 69.7 Å². The van der Waals surface area contributed by atoms with Gasteiger partial charge in [0.05, 0.1) is 11.0 Å². The second kappa shape index (κ2) is 12.0. The van der Waals surface area contributed by atoms with Crippen molar-refractivity contribution in [1.82, 2.24) is 34.4 Å². The van der Waals surface area contributed by atoms with E-state index < -0.39 is 0 Å². The van der Waals surface area contributed by atoms with Crippen molar-refractivity contribution >= 4 is 38.8 Å². The van der Waals surface area contributed by atoms with Crippen LogP contribution in [0.1, 0.15) is 98.0 Å². The number of aromatic nitrogens is 5. The number of halogens is 1. The van der Waals surface area contributed by atoms with Crippen LogP contribution in [0.3, 0.4) is 0 Å². The summed E-state index contributed by atoms with van der Waals surface area (Å²) < 4.78 is 4.59. The molecule has 0 unspecified atom stereocenters. The van der Waals surface area contributed by atoms with Gasteiger partial charge in [0, 0.05) is 41.4 Å². The minimum atomic E-state index is -0.0270. The Morgan fingerprint density at radius 2 is 1.10 bits per heavy atom. The molecular weight excluding hydrogens is 702 g/mol. The third-order valence-electron chi connectivity index (χ3n) is 13.2. The quantitative estimate of drug-likeness (QED) is 0.190. The van der Waals surface area contributed by atoms with Crippen LogP contribution in [0.25, 0.3) is 22.4 Å². The van der Waals surface area contributed by atoms with Gasteiger partial charge in [-0.15, -0.1) is 0 Å². The smallest absolute Gasteiger partial charge is 0.272 e. The zero-order valence-electron chi connectivity index (χ0n) is 28.8. The molecule has 0 atom stereocenters. The second-order valence-electron chi connectivity index (χ2n) is 17.0. The summed E-state index contributed by atoms with van der Waals surface area (Å²) in [6.07, 6.45) is 22.6. The van der Waals surface area contributed by atoms with Gasteiger partial charge in [0.2, 0.25) is 0 Å². The maximum absolute atomic E-state index is 13.4. The van der Waals surface area contributed by atoms with Crippen LogP contribution in [0.15, 0.2) is 78.1 Å². The van der Waals surface area contributed by atoms with Crippen molar-refractivity contribution in [1.29, 1.82) is 0 Å². The molecule has 13 rings (SSSR count). The largest absolute Gasteiger partial charge is 0.345 e. The lowest BCUT2D eigenvalue weighted by Gasteiger charge is -2.56. The van der Waals surface area contributed by atoms with Gasteiger partial charge in [0.15, 0.2) is 16.1 Å². The molecule has 5 heterocycles. The molecule has 51 heavy (non-hydrogen) atoms. The molecule has 2 N–H and O–H groups in total. The third-order valence-corrected chi connectivity index (χ3v) is 13.8. The number of nitrogens with zero attached hydrogens (tertiary/aromatic N) is 5. The van der Waals surface area contributed by atoms with Gasteiger partial charge in [-0.1, -0.05) is 12.1 Å². The Morgan fingerprint density at radius 3 is 1.59 bits per heavy atom. The molecule has 5 aromatic heterocycles. The first-order valence-corrected chi connectivity index (χ1v) is 19.8. The first-order chi connectivity index (χ1) is 24.8. The Morgan fingerprint density at radius 1 is 0.627 bits per heavy atom. The van der Waals surface area contributed by atoms with Crippen LogP contribution >= 0.6 is 15.9 Å². The first-order valence-electron chi connectivity index (χ1n) is 19.0. The molecule has 0 saturated heterocycles. The average molecular weight is 747 g/mol. The van der Waals surface area contributed by atoms with Crippen molar-refractivity contribution in [3.8, 4) is 11.4 Å². The van der Waals surface area contributed by atoms with E-state index in [0.29, 0.717) is 16.1 Å². The van der Waals surface area contributed by atoms with Gasteiger partial charge in [-0.2, -0.15) is 0 Å². The van der Waals surface area contributed by atoms with Crippen LogP contribution in [0.5, 0.6) is 0 Å². The van der Waals surface area contributed by atoms with E-state index in [0.717, 1.165) is 77.2 Å². The summed E-state index contributed by atoms with van der Waals surface area (Å²) in [6.45, 7) is 0. The lowest BCUT2D eigenvalue weighted by Crippen LogP contribution is -2.59. The van der Waals surface area contributed by atoms with Crippen molar-refractivity contribution in [2.24, 2.45) is 35.5 Å². The molecule has 8 aliphatic carbocycles. The van der Waals surface area contributed by atoms with Crippen LogP contribution in [0, 0.1) is 35.5 Å². The fourth-order valence-corrected chi connectivity index (χ4v) is 12.7. The SMILES string of the molecule is O=C(NC12CC3CC(CC(C3)C1)C2)c1nc(-c2cccnc2)n2ccccc12.O=C(NC12CC3CC(CC(C3)C1)C2)c1nc(Br)n2ccccc12. The second-order valence-corrected chi connectivity index (χ2v) is 17.7. The van der Waals surface area contributed by atoms with Crippen LogP contribution in [0.2, 0.25) is 0 Å². The lowest BCUT2D eigenvalue weighted by atomic mass is 9.53. The molecule has 0 aliphatic heterocycles. The molecule has 5 aromatic rings. The van der Waals surface area contributed by atoms with Crippen LogP contribution < -0.4 is 10.6 Å². The van der Waals surface area contributed by atoms with Crippen molar-refractivity contribution in [2.45, 2.75) is 88.1 Å². The van der Waals surface area contributed by atoms with E-state index >= 15 is 0 Å². The molecular formula is C41H44BrN7O2. The number of hydrogen-bond acceptors (Lipinski definition) is 5. The van der Waals surface area contributed by atoms with E-state index in [2.05, 4.69) is 36.5 Å². The number of carbonyl (C=O) groups is 2. The van der Waals surface area contributed by atoms with E-state index in [4.69, 9.17) is 4.98 Å². The molecule has 10 heteroatoms. The summed E-state index contributed by atoms with van der Waals surface area (Å²) >= 11 is 3.45. The number of imidazole rings is 2. The number of rotatable bonds is 5. The van der Waals surface area contributed by atoms with Crippen LogP contribution in [-0.2, 0) is 0 Å². The fraction of sp³-hybridized carbons (Fsp3) is 0.488. The molecule has 262 valence electrons. The van der Waals surface area contributed by atoms with Gasteiger partial charge in [-0.05, 0) is 165 Å². The number of amides is 2. The highest BCUT2D eigenvalue weighted by Crippen LogP contribution is 2.57. The zero-order chi connectivity index (χ0) is 34.3. The molecule has 8 fully saturated rings. The van der Waals surface area contributed by atoms with Gasteiger partial charge in [0.25, 0.3) is 11.8 Å². The van der Waals surface area contributed by atoms with Crippen molar-refractivity contribution in [3.63, 3.8) is 0 Å². The molecule has 0 aromatic carbocycles. The van der Waals surface area contributed by atoms with Crippen LogP contribution in [-0.4, -0.2) is 46.6 Å². The summed E-state index contributed by atoms with van der Waals surface area (Å²) in [6, 6.07) is 15.6. The lowest BCUT2D eigenvalue weighted by molar-refractivity contribution is -0.0171. The van der Waals surface area contributed by atoms with Gasteiger partial charge in [-0.3, -0.25) is 23.4 Å². The summed E-state index contributed by atoms with van der Waals surface area (Å²) in [5.74, 6) is 5.61. The summed E-state index contributed by atoms with van der Waals surface area (Å²) in [5, 5.41) is 6.88. The summed E-state index contributed by atoms with van der Waals surface area (Å²) in [4.78, 5) is 39.8. The van der Waals surface area contributed by atoms with Crippen LogP contribution in [0.4, 0.5) is 0 Å². The molecule has 8 bridgehead atoms. The Kier molecular flexibility index (Phi) is 7.45. The maximum Gasteiger partial charge on any atom is 0.272 e. The number of pyridine rings is 3. The van der Waals surface area contributed by atoms with E-state index in [1.54, 1.807) is 12.4 Å². The number of hydrogen-bond donors (Lipinski definition) is 2. The first kappa shape index (κ1) is 31.7. The predicted octanol–water partition coefficient (Wildman–Crippen LogP) is 7.89. The Labute approximate surface area is 306 Å². The Bertz CT molecular complexity index is 2080. The van der Waals surface area contributed by atoms with E-state index in [-0.39, 0.29) is 22.9 Å². The highest BCUT2D eigenvalue weighted by Gasteiger charge is 2.53. The molecule has 2 amide bonds. The predicted molar refractivity (Wildman–Crippen MR) is 198 cm³/mol. The standard InChI is InChI=1S/C23H24N4O.C18H20BrN3O/c28-22(26-23-11-15-8-16(12-23)10-17(9-15)13-23)20-19-5-1-2-7-27(19)21(25-20)18-4-3-6-24-14-18;19-17-20-15(14-3-1-2-4-22(14)17)16(23)21-18-8-11-5-12(9-18)7-13(6-11)10-18/h1-7,14-17H,8-13H2,(H,26,28);1-4,11-13H,5-10H2,(H,21,23). The average Bonchev–Trinajstić information content (AvgIpc) is 3.66. The Balaban J connectivity index is 0.000000131. The fourth-order valence-electron chi connectivity index (χ4n) is 12.2. The minimum absolute atomic E-state index is 0.00891. The van der Waals surface area contributed by atoms with Gasteiger partial charge >= 0.3 is 0 Å². The van der Waals surface area contributed by atoms with Gasteiger partial charge in [-0.25, -0.2) is 9.97 Å². The molecule has 0 radical (unpaired) electrons. The number of nitrogens with one attached hydrogen (secondary N) is 2. The molecule has 8 saturated carbocycles. The third kappa shape index (κ3) is 5.60. The monoisotopic (exact) mass is 745 g/mol. The topological polar surface area (TPSA) is 106 Å². The maximum atomic E-state index is 13.4. The van der Waals surface area contributed by atoms with Crippen molar-refractivity contribution in [2.75, 3.05) is 0 Å². The number of carbonyl (C=O) groups excluding carboxylic acids is 2. The molecule has 9 nitrogen and oxygen atoms in total. The van der Waals surface area contributed by atoms with Crippen molar-refractivity contribution < 1.29 is 9.59 Å². The number of fused-ring (bicyclic) bond motifs is 2. The highest BCUT2D eigenvalue weighted by molar-refractivity contribution is 9.10. The van der Waals surface area contributed by atoms with E-state index in [1.165, 1.54) is 57.8 Å². The minimum Gasteiger partial charge on any atom is -0.345 e. The summed E-state index contributed by atoms with van der Waals surface area (Å²) in [5.41, 5.74) is 3.71. The highest BCUT2D eigenvalue weighted by atomic mass is 79.9. The Hall–Kier alpha value is -4.05. The zero-order valence-corrected chi connectivity index (χ0v) is 30.4. The summed E-state index contributed by atoms with van der Waals surface area (Å²) in [7, 11) is 0. The normalized spacial score (nSPS) is 32.6. The van der Waals surface area contributed by atoms with Gasteiger partial charge in [0.1, 0.15) is 5.82 Å². The van der Waals surface area contributed by atoms with E-state index in [9.17, 15) is 9.59 Å². The molecule has 0 spiro atoms. The van der Waals surface area contributed by atoms with Gasteiger partial charge < -0.3 is 10.6 Å². The molecule has 8 aliphatic rings. The van der Waals surface area contributed by atoms with Crippen molar-refractivity contribution in [3.05, 3.63) is 89.4 Å².